The fourth-order valence-corrected chi connectivity index (χ4v) is 1.93. The molecule has 0 bridgehead atoms. The van der Waals surface area contributed by atoms with Gasteiger partial charge in [-0.1, -0.05) is 41.4 Å². The number of carbonyl (C=O) groups is 1. The fourth-order valence-electron chi connectivity index (χ4n) is 1.51. The van der Waals surface area contributed by atoms with Crippen molar-refractivity contribution in [1.29, 1.82) is 0 Å². The van der Waals surface area contributed by atoms with Crippen molar-refractivity contribution in [3.63, 3.8) is 0 Å². The molecule has 18 heavy (non-hydrogen) atoms. The van der Waals surface area contributed by atoms with Gasteiger partial charge in [-0.25, -0.2) is 0 Å². The van der Waals surface area contributed by atoms with Gasteiger partial charge in [-0.3, -0.25) is 4.79 Å². The van der Waals surface area contributed by atoms with Crippen molar-refractivity contribution >= 4 is 21.9 Å². The zero-order valence-corrected chi connectivity index (χ0v) is 12.5. The summed E-state index contributed by atoms with van der Waals surface area (Å²) >= 11 is 3.43. The lowest BCUT2D eigenvalue weighted by atomic mass is 10.1. The Labute approximate surface area is 117 Å². The van der Waals surface area contributed by atoms with Crippen molar-refractivity contribution < 1.29 is 9.53 Å². The van der Waals surface area contributed by atoms with Gasteiger partial charge in [-0.05, 0) is 31.0 Å². The van der Waals surface area contributed by atoms with Gasteiger partial charge in [0.2, 0.25) is 0 Å². The number of benzene rings is 1. The highest BCUT2D eigenvalue weighted by Gasteiger charge is 2.08. The molecule has 0 amide bonds. The van der Waals surface area contributed by atoms with Crippen LogP contribution in [0.25, 0.3) is 0 Å². The van der Waals surface area contributed by atoms with Crippen molar-refractivity contribution in [3.05, 3.63) is 34.3 Å². The molecule has 0 saturated heterocycles. The SMILES string of the molecule is CCCCOC(=O)CNC(C)c1cccc(Br)c1. The standard InChI is InChI=1S/C14H20BrNO2/c1-3-4-8-18-14(17)10-16-11(2)12-6-5-7-13(15)9-12/h5-7,9,11,16H,3-4,8,10H2,1-2H3. The summed E-state index contributed by atoms with van der Waals surface area (Å²) in [6, 6.07) is 8.17. The zero-order chi connectivity index (χ0) is 13.4. The van der Waals surface area contributed by atoms with Crippen molar-refractivity contribution in [2.45, 2.75) is 32.7 Å². The lowest BCUT2D eigenvalue weighted by Gasteiger charge is -2.14. The highest BCUT2D eigenvalue weighted by Crippen LogP contribution is 2.17. The summed E-state index contributed by atoms with van der Waals surface area (Å²) in [5.41, 5.74) is 1.14. The Kier molecular flexibility index (Phi) is 6.98. The van der Waals surface area contributed by atoms with Crippen LogP contribution in [0.15, 0.2) is 28.7 Å². The van der Waals surface area contributed by atoms with Crippen LogP contribution in [0.1, 0.15) is 38.3 Å². The first kappa shape index (κ1) is 15.2. The van der Waals surface area contributed by atoms with Gasteiger partial charge in [0.15, 0.2) is 0 Å². The Balaban J connectivity index is 2.32. The maximum atomic E-state index is 11.4. The molecule has 100 valence electrons. The van der Waals surface area contributed by atoms with Crippen LogP contribution < -0.4 is 5.32 Å². The average Bonchev–Trinajstić information content (AvgIpc) is 2.36. The number of hydrogen-bond donors (Lipinski definition) is 1. The minimum absolute atomic E-state index is 0.126. The molecule has 0 aliphatic heterocycles. The maximum absolute atomic E-state index is 11.4. The third-order valence-electron chi connectivity index (χ3n) is 2.66. The molecule has 0 aliphatic carbocycles. The molecule has 4 heteroatoms. The molecule has 0 aliphatic rings. The largest absolute Gasteiger partial charge is 0.465 e. The number of hydrogen-bond acceptors (Lipinski definition) is 3. The molecule has 0 heterocycles. The van der Waals surface area contributed by atoms with Gasteiger partial charge < -0.3 is 10.1 Å². The van der Waals surface area contributed by atoms with E-state index in [1.807, 2.05) is 31.2 Å². The molecule has 1 atom stereocenters. The van der Waals surface area contributed by atoms with Crippen molar-refractivity contribution in [2.75, 3.05) is 13.2 Å². The fraction of sp³-hybridized carbons (Fsp3) is 0.500. The predicted molar refractivity (Wildman–Crippen MR) is 76.4 cm³/mol. The monoisotopic (exact) mass is 313 g/mol. The van der Waals surface area contributed by atoms with Crippen LogP contribution >= 0.6 is 15.9 Å². The minimum Gasteiger partial charge on any atom is -0.465 e. The van der Waals surface area contributed by atoms with E-state index in [1.165, 1.54) is 0 Å². The Hall–Kier alpha value is -0.870. The van der Waals surface area contributed by atoms with Crippen molar-refractivity contribution in [1.82, 2.24) is 5.32 Å². The number of carbonyl (C=O) groups excluding carboxylic acids is 1. The Morgan fingerprint density at radius 2 is 2.28 bits per heavy atom. The number of rotatable bonds is 7. The van der Waals surface area contributed by atoms with E-state index in [9.17, 15) is 4.79 Å². The Morgan fingerprint density at radius 3 is 2.94 bits per heavy atom. The van der Waals surface area contributed by atoms with Crippen LogP contribution in [-0.2, 0) is 9.53 Å². The van der Waals surface area contributed by atoms with Crippen LogP contribution in [0.5, 0.6) is 0 Å². The minimum atomic E-state index is -0.190. The number of unbranched alkanes of at least 4 members (excludes halogenated alkanes) is 1. The summed E-state index contributed by atoms with van der Waals surface area (Å²) in [5.74, 6) is -0.190. The summed E-state index contributed by atoms with van der Waals surface area (Å²) < 4.78 is 6.12. The van der Waals surface area contributed by atoms with E-state index in [0.717, 1.165) is 22.9 Å². The molecule has 0 aromatic heterocycles. The Bertz CT molecular complexity index is 382. The molecular weight excluding hydrogens is 294 g/mol. The summed E-state index contributed by atoms with van der Waals surface area (Å²) in [4.78, 5) is 11.4. The smallest absolute Gasteiger partial charge is 0.319 e. The summed E-state index contributed by atoms with van der Waals surface area (Å²) in [7, 11) is 0. The van der Waals surface area contributed by atoms with Crippen LogP contribution in [0.4, 0.5) is 0 Å². The number of esters is 1. The molecule has 0 spiro atoms. The number of ether oxygens (including phenoxy) is 1. The van der Waals surface area contributed by atoms with E-state index in [0.29, 0.717) is 6.61 Å². The summed E-state index contributed by atoms with van der Waals surface area (Å²) in [6.45, 7) is 4.86. The summed E-state index contributed by atoms with van der Waals surface area (Å²) in [5, 5.41) is 3.16. The van der Waals surface area contributed by atoms with Gasteiger partial charge in [-0.15, -0.1) is 0 Å². The highest BCUT2D eigenvalue weighted by molar-refractivity contribution is 9.10. The molecule has 1 N–H and O–H groups in total. The van der Waals surface area contributed by atoms with Gasteiger partial charge in [0.1, 0.15) is 0 Å². The van der Waals surface area contributed by atoms with E-state index < -0.39 is 0 Å². The summed E-state index contributed by atoms with van der Waals surface area (Å²) in [6.07, 6.45) is 1.96. The lowest BCUT2D eigenvalue weighted by molar-refractivity contribution is -0.142. The van der Waals surface area contributed by atoms with Crippen molar-refractivity contribution in [3.8, 4) is 0 Å². The normalized spacial score (nSPS) is 12.2. The quantitative estimate of drug-likeness (QED) is 0.619. The molecule has 3 nitrogen and oxygen atoms in total. The third-order valence-corrected chi connectivity index (χ3v) is 3.16. The van der Waals surface area contributed by atoms with Gasteiger partial charge in [0.05, 0.1) is 13.2 Å². The molecular formula is C14H20BrNO2. The second kappa shape index (κ2) is 8.27. The first-order valence-corrected chi connectivity index (χ1v) is 7.07. The van der Waals surface area contributed by atoms with Crippen LogP contribution in [0, 0.1) is 0 Å². The van der Waals surface area contributed by atoms with E-state index in [-0.39, 0.29) is 18.6 Å². The van der Waals surface area contributed by atoms with Crippen LogP contribution in [0.3, 0.4) is 0 Å². The topological polar surface area (TPSA) is 38.3 Å². The first-order chi connectivity index (χ1) is 8.63. The molecule has 1 aromatic rings. The van der Waals surface area contributed by atoms with E-state index in [1.54, 1.807) is 0 Å². The molecule has 0 saturated carbocycles. The van der Waals surface area contributed by atoms with E-state index in [4.69, 9.17) is 4.74 Å². The molecule has 0 fully saturated rings. The van der Waals surface area contributed by atoms with Gasteiger partial charge >= 0.3 is 5.97 Å². The van der Waals surface area contributed by atoms with Crippen LogP contribution in [0.2, 0.25) is 0 Å². The Morgan fingerprint density at radius 1 is 1.50 bits per heavy atom. The van der Waals surface area contributed by atoms with E-state index >= 15 is 0 Å². The second-order valence-corrected chi connectivity index (χ2v) is 5.15. The van der Waals surface area contributed by atoms with E-state index in [2.05, 4.69) is 28.2 Å². The molecule has 1 aromatic carbocycles. The second-order valence-electron chi connectivity index (χ2n) is 4.23. The zero-order valence-electron chi connectivity index (χ0n) is 10.9. The van der Waals surface area contributed by atoms with Gasteiger partial charge in [0.25, 0.3) is 0 Å². The number of halogens is 1. The maximum Gasteiger partial charge on any atom is 0.319 e. The first-order valence-electron chi connectivity index (χ1n) is 6.28. The van der Waals surface area contributed by atoms with Crippen molar-refractivity contribution in [2.24, 2.45) is 0 Å². The van der Waals surface area contributed by atoms with Gasteiger partial charge in [-0.2, -0.15) is 0 Å². The molecule has 0 radical (unpaired) electrons. The van der Waals surface area contributed by atoms with Crippen LogP contribution in [-0.4, -0.2) is 19.1 Å². The lowest BCUT2D eigenvalue weighted by Crippen LogP contribution is -2.27. The predicted octanol–water partition coefficient (Wildman–Crippen LogP) is 3.44. The van der Waals surface area contributed by atoms with Gasteiger partial charge in [0, 0.05) is 10.5 Å². The highest BCUT2D eigenvalue weighted by atomic mass is 79.9. The molecule has 1 rings (SSSR count). The number of nitrogens with one attached hydrogen (secondary N) is 1. The molecule has 1 unspecified atom stereocenters. The third kappa shape index (κ3) is 5.65. The average molecular weight is 314 g/mol.